The molecular formula is C30H41LiN2O4S. The van der Waals surface area contributed by atoms with Crippen LogP contribution < -0.4 is 10.6 Å². The van der Waals surface area contributed by atoms with Gasteiger partial charge >= 0.3 is 24.8 Å². The molecule has 1 fully saturated rings. The molecule has 202 valence electrons. The van der Waals surface area contributed by atoms with E-state index in [1.807, 2.05) is 49.6 Å². The van der Waals surface area contributed by atoms with Crippen molar-refractivity contribution < 1.29 is 19.5 Å². The Morgan fingerprint density at radius 2 is 1.68 bits per heavy atom. The van der Waals surface area contributed by atoms with Crippen LogP contribution in [0.1, 0.15) is 79.3 Å². The van der Waals surface area contributed by atoms with Crippen LogP contribution in [0.15, 0.2) is 42.5 Å². The number of nitrogens with one attached hydrogen (secondary N) is 2. The average Bonchev–Trinajstić information content (AvgIpc) is 2.86. The summed E-state index contributed by atoms with van der Waals surface area (Å²) in [6.07, 6.45) is 11.5. The Balaban J connectivity index is 0.00000507. The van der Waals surface area contributed by atoms with E-state index < -0.39 is 17.9 Å². The fraction of sp³-hybridized carbons (Fsp3) is 0.500. The van der Waals surface area contributed by atoms with Crippen LogP contribution in [0.25, 0.3) is 11.1 Å². The van der Waals surface area contributed by atoms with Crippen molar-refractivity contribution in [3.8, 4) is 11.1 Å². The van der Waals surface area contributed by atoms with Gasteiger partial charge in [-0.05, 0) is 72.9 Å². The zero-order chi connectivity index (χ0) is 26.6. The summed E-state index contributed by atoms with van der Waals surface area (Å²) in [5.74, 6) is -0.723. The Kier molecular flexibility index (Phi) is 14.1. The Bertz CT molecular complexity index is 1070. The van der Waals surface area contributed by atoms with Gasteiger partial charge in [0.15, 0.2) is 0 Å². The number of aryl methyl sites for hydroxylation is 2. The van der Waals surface area contributed by atoms with Gasteiger partial charge in [-0.3, -0.25) is 9.59 Å². The van der Waals surface area contributed by atoms with Crippen LogP contribution in [0.5, 0.6) is 0 Å². The van der Waals surface area contributed by atoms with Crippen LogP contribution in [-0.2, 0) is 16.0 Å². The normalized spacial score (nSPS) is 14.9. The molecule has 0 radical (unpaired) electrons. The number of carboxylic acid groups (broad SMARTS) is 1. The summed E-state index contributed by atoms with van der Waals surface area (Å²) < 4.78 is 0. The molecule has 6 nitrogen and oxygen atoms in total. The SMILES string of the molecule is CSCC[C@H](NC(=O)c1ccc(CCC(=O)NC2CCCCCCC2)cc1-c1ccccc1C)C(=O)O.[LiH]. The molecule has 3 N–H and O–H groups in total. The molecule has 3 rings (SSSR count). The number of hydrogen-bond donors (Lipinski definition) is 3. The summed E-state index contributed by atoms with van der Waals surface area (Å²) in [5, 5.41) is 15.5. The van der Waals surface area contributed by atoms with Gasteiger partial charge in [0, 0.05) is 18.0 Å². The predicted molar refractivity (Wildman–Crippen MR) is 158 cm³/mol. The molecule has 2 amide bonds. The minimum atomic E-state index is -1.04. The van der Waals surface area contributed by atoms with Crippen LogP contribution in [0.3, 0.4) is 0 Å². The van der Waals surface area contributed by atoms with Crippen molar-refractivity contribution >= 4 is 48.4 Å². The Morgan fingerprint density at radius 3 is 2.34 bits per heavy atom. The third kappa shape index (κ3) is 9.84. The molecule has 0 saturated heterocycles. The van der Waals surface area contributed by atoms with E-state index >= 15 is 0 Å². The van der Waals surface area contributed by atoms with Gasteiger partial charge in [0.1, 0.15) is 6.04 Å². The number of benzene rings is 2. The number of carbonyl (C=O) groups excluding carboxylic acids is 2. The maximum atomic E-state index is 13.2. The van der Waals surface area contributed by atoms with E-state index in [1.54, 1.807) is 17.8 Å². The standard InChI is InChI=1S/C30H40N2O4S.Li.H/c1-21-10-8-9-13-24(21)26-20-22(15-17-28(33)31-23-11-6-4-3-5-7-12-23)14-16-25(26)29(34)32-27(30(35)36)18-19-37-2;;/h8-10,13-14,16,20,23,27H,3-7,11-12,15,17-19H2,1-2H3,(H,31,33)(H,32,34)(H,35,36);;/t27-;;/m0../s1. The molecule has 0 aliphatic heterocycles. The Morgan fingerprint density at radius 1 is 1.00 bits per heavy atom. The summed E-state index contributed by atoms with van der Waals surface area (Å²) in [6.45, 7) is 1.99. The first-order valence-corrected chi connectivity index (χ1v) is 14.8. The molecule has 38 heavy (non-hydrogen) atoms. The second kappa shape index (κ2) is 16.7. The van der Waals surface area contributed by atoms with Gasteiger partial charge in [0.2, 0.25) is 5.91 Å². The van der Waals surface area contributed by atoms with E-state index in [1.165, 1.54) is 32.1 Å². The molecule has 0 spiro atoms. The van der Waals surface area contributed by atoms with E-state index in [2.05, 4.69) is 10.6 Å². The summed E-state index contributed by atoms with van der Waals surface area (Å²) in [4.78, 5) is 37.6. The fourth-order valence-corrected chi connectivity index (χ4v) is 5.40. The molecule has 1 atom stereocenters. The number of amides is 2. The summed E-state index contributed by atoms with van der Waals surface area (Å²) >= 11 is 1.55. The monoisotopic (exact) mass is 532 g/mol. The third-order valence-corrected chi connectivity index (χ3v) is 7.73. The molecule has 0 bridgehead atoms. The van der Waals surface area contributed by atoms with Gasteiger partial charge in [-0.15, -0.1) is 0 Å². The quantitative estimate of drug-likeness (QED) is 0.350. The molecule has 1 aliphatic carbocycles. The first kappa shape index (κ1) is 32.0. The summed E-state index contributed by atoms with van der Waals surface area (Å²) in [7, 11) is 0. The molecule has 0 unspecified atom stereocenters. The van der Waals surface area contributed by atoms with Crippen molar-refractivity contribution in [1.82, 2.24) is 10.6 Å². The van der Waals surface area contributed by atoms with Crippen LogP contribution in [0.4, 0.5) is 0 Å². The van der Waals surface area contributed by atoms with Gasteiger partial charge < -0.3 is 15.7 Å². The van der Waals surface area contributed by atoms with Gasteiger partial charge in [-0.25, -0.2) is 4.79 Å². The number of thioether (sulfide) groups is 1. The van der Waals surface area contributed by atoms with Crippen molar-refractivity contribution in [2.45, 2.75) is 83.2 Å². The Labute approximate surface area is 243 Å². The maximum absolute atomic E-state index is 13.2. The van der Waals surface area contributed by atoms with Crippen LogP contribution in [-0.4, -0.2) is 65.8 Å². The van der Waals surface area contributed by atoms with Gasteiger partial charge in [-0.1, -0.05) is 68.5 Å². The van der Waals surface area contributed by atoms with E-state index in [9.17, 15) is 19.5 Å². The second-order valence-electron chi connectivity index (χ2n) is 9.95. The van der Waals surface area contributed by atoms with Crippen molar-refractivity contribution in [3.63, 3.8) is 0 Å². The molecule has 0 heterocycles. The second-order valence-corrected chi connectivity index (χ2v) is 10.9. The number of carboxylic acids is 1. The van der Waals surface area contributed by atoms with Crippen molar-refractivity contribution in [2.75, 3.05) is 12.0 Å². The first-order chi connectivity index (χ1) is 17.9. The third-order valence-electron chi connectivity index (χ3n) is 7.09. The summed E-state index contributed by atoms with van der Waals surface area (Å²) in [5.41, 5.74) is 4.10. The average molecular weight is 533 g/mol. The van der Waals surface area contributed by atoms with Crippen LogP contribution >= 0.6 is 11.8 Å². The van der Waals surface area contributed by atoms with E-state index in [4.69, 9.17) is 0 Å². The summed E-state index contributed by atoms with van der Waals surface area (Å²) in [6, 6.07) is 12.8. The number of hydrogen-bond acceptors (Lipinski definition) is 4. The number of rotatable bonds is 11. The Hall–Kier alpha value is -2.20. The topological polar surface area (TPSA) is 95.5 Å². The molecule has 2 aromatic carbocycles. The first-order valence-electron chi connectivity index (χ1n) is 13.4. The van der Waals surface area contributed by atoms with Crippen LogP contribution in [0.2, 0.25) is 0 Å². The fourth-order valence-electron chi connectivity index (χ4n) is 4.93. The predicted octanol–water partition coefficient (Wildman–Crippen LogP) is 5.11. The van der Waals surface area contributed by atoms with E-state index in [0.29, 0.717) is 30.6 Å². The van der Waals surface area contributed by atoms with Gasteiger partial charge in [0.25, 0.3) is 5.91 Å². The van der Waals surface area contributed by atoms with Gasteiger partial charge in [-0.2, -0.15) is 11.8 Å². The molecule has 0 aromatic heterocycles. The zero-order valence-corrected chi connectivity index (χ0v) is 22.9. The molecular weight excluding hydrogens is 491 g/mol. The van der Waals surface area contributed by atoms with E-state index in [-0.39, 0.29) is 30.8 Å². The van der Waals surface area contributed by atoms with Crippen molar-refractivity contribution in [3.05, 3.63) is 59.2 Å². The van der Waals surface area contributed by atoms with Crippen molar-refractivity contribution in [1.29, 1.82) is 0 Å². The molecule has 2 aromatic rings. The number of aliphatic carboxylic acids is 1. The number of carbonyl (C=O) groups is 3. The van der Waals surface area contributed by atoms with E-state index in [0.717, 1.165) is 35.1 Å². The molecule has 1 saturated carbocycles. The zero-order valence-electron chi connectivity index (χ0n) is 22.1. The van der Waals surface area contributed by atoms with Crippen molar-refractivity contribution in [2.24, 2.45) is 0 Å². The van der Waals surface area contributed by atoms with Crippen LogP contribution in [0, 0.1) is 6.92 Å². The minimum absolute atomic E-state index is 0. The molecule has 1 aliphatic rings. The molecule has 8 heteroatoms. The van der Waals surface area contributed by atoms with Gasteiger partial charge in [0.05, 0.1) is 0 Å².